The number of alkyl halides is 3. The number of furan rings is 1. The van der Waals surface area contributed by atoms with Crippen LogP contribution in [-0.2, 0) is 22.4 Å². The Balaban J connectivity index is 2.09. The predicted octanol–water partition coefficient (Wildman–Crippen LogP) is 3.76. The Morgan fingerprint density at radius 1 is 1.33 bits per heavy atom. The van der Waals surface area contributed by atoms with Crippen LogP contribution >= 0.6 is 11.3 Å². The highest BCUT2D eigenvalue weighted by Crippen LogP contribution is 2.41. The number of thiophene rings is 1. The number of hydrogen-bond acceptors (Lipinski definition) is 7. The van der Waals surface area contributed by atoms with Gasteiger partial charge in [-0.25, -0.2) is 4.79 Å². The van der Waals surface area contributed by atoms with Crippen LogP contribution in [0.5, 0.6) is 0 Å². The van der Waals surface area contributed by atoms with Crippen LogP contribution in [0.1, 0.15) is 46.3 Å². The maximum atomic E-state index is 14.3. The molecule has 0 unspecified atom stereocenters. The summed E-state index contributed by atoms with van der Waals surface area (Å²) in [6.45, 7) is 0.999. The quantitative estimate of drug-likeness (QED) is 0.523. The van der Waals surface area contributed by atoms with E-state index in [1.165, 1.54) is 13.0 Å². The first kappa shape index (κ1) is 21.7. The summed E-state index contributed by atoms with van der Waals surface area (Å²) in [6.07, 6.45) is -1.31. The lowest BCUT2D eigenvalue weighted by molar-refractivity contribution is -0.204. The Morgan fingerprint density at radius 2 is 2.07 bits per heavy atom. The largest absolute Gasteiger partial charge is 0.463 e. The van der Waals surface area contributed by atoms with Gasteiger partial charge >= 0.3 is 17.8 Å². The smallest absolute Gasteiger partial charge is 0.441 e. The average molecular weight is 441 g/mol. The van der Waals surface area contributed by atoms with Crippen molar-refractivity contribution in [2.24, 2.45) is 0 Å². The summed E-state index contributed by atoms with van der Waals surface area (Å²) in [5.41, 5.74) is -2.89. The molecule has 0 saturated carbocycles. The minimum absolute atomic E-state index is 0.0415. The molecule has 1 amide bonds. The molecular formula is C19H18F3N3O4S. The number of nitriles is 1. The van der Waals surface area contributed by atoms with Crippen LogP contribution in [-0.4, -0.2) is 30.3 Å². The monoisotopic (exact) mass is 441 g/mol. The average Bonchev–Trinajstić information content (AvgIpc) is 3.34. The summed E-state index contributed by atoms with van der Waals surface area (Å²) < 4.78 is 52.3. The second-order valence-corrected chi connectivity index (χ2v) is 7.66. The van der Waals surface area contributed by atoms with Gasteiger partial charge in [-0.2, -0.15) is 18.4 Å². The molecule has 0 aliphatic heterocycles. The van der Waals surface area contributed by atoms with Gasteiger partial charge in [0.05, 0.1) is 18.4 Å². The number of esters is 1. The standard InChI is InChI=1S/C19H18F3N3O4S/c1-2-28-17(27)18(19(20,21)22,24-15(26)13-7-5-9-29-13)25-16-12(10-23)11-6-3-4-8-14(11)30-16/h5,7,9,25H,2-4,6,8H2,1H3,(H,24,26)/t18-/m0/s1. The van der Waals surface area contributed by atoms with E-state index < -0.39 is 29.5 Å². The molecular weight excluding hydrogens is 423 g/mol. The SMILES string of the molecule is CCOC(=O)[C@](NC(=O)c1ccco1)(Nc1sc2c(c1C#N)CCCC2)C(F)(F)F. The number of fused-ring (bicyclic) bond motifs is 1. The number of anilines is 1. The molecule has 160 valence electrons. The number of halogens is 3. The highest BCUT2D eigenvalue weighted by Gasteiger charge is 2.64. The van der Waals surface area contributed by atoms with E-state index in [0.717, 1.165) is 41.4 Å². The molecule has 7 nitrogen and oxygen atoms in total. The molecule has 11 heteroatoms. The number of carbonyl (C=O) groups excluding carboxylic acids is 2. The van der Waals surface area contributed by atoms with E-state index in [4.69, 9.17) is 4.42 Å². The number of nitrogens with zero attached hydrogens (tertiary/aromatic N) is 1. The molecule has 30 heavy (non-hydrogen) atoms. The van der Waals surface area contributed by atoms with Crippen molar-refractivity contribution >= 4 is 28.2 Å². The van der Waals surface area contributed by atoms with Crippen molar-refractivity contribution in [3.05, 3.63) is 40.2 Å². The van der Waals surface area contributed by atoms with Gasteiger partial charge in [0.25, 0.3) is 5.91 Å². The molecule has 3 rings (SSSR count). The van der Waals surface area contributed by atoms with Gasteiger partial charge in [0.15, 0.2) is 5.76 Å². The topological polar surface area (TPSA) is 104 Å². The van der Waals surface area contributed by atoms with E-state index in [-0.39, 0.29) is 17.2 Å². The third kappa shape index (κ3) is 3.87. The lowest BCUT2D eigenvalue weighted by atomic mass is 9.96. The molecule has 2 heterocycles. The summed E-state index contributed by atoms with van der Waals surface area (Å²) in [4.78, 5) is 25.7. The van der Waals surface area contributed by atoms with E-state index in [1.54, 1.807) is 5.32 Å². The summed E-state index contributed by atoms with van der Waals surface area (Å²) in [5.74, 6) is -3.42. The van der Waals surface area contributed by atoms with Crippen molar-refractivity contribution in [2.45, 2.75) is 44.4 Å². The van der Waals surface area contributed by atoms with Crippen molar-refractivity contribution in [3.8, 4) is 6.07 Å². The summed E-state index contributed by atoms with van der Waals surface area (Å²) in [5, 5.41) is 13.2. The fourth-order valence-corrected chi connectivity index (χ4v) is 4.51. The van der Waals surface area contributed by atoms with Crippen LogP contribution in [0.3, 0.4) is 0 Å². The normalized spacial score (nSPS) is 15.4. The third-order valence-corrected chi connectivity index (χ3v) is 5.84. The number of carbonyl (C=O) groups is 2. The minimum Gasteiger partial charge on any atom is -0.463 e. The summed E-state index contributed by atoms with van der Waals surface area (Å²) in [6, 6.07) is 4.41. The van der Waals surface area contributed by atoms with Gasteiger partial charge in [0.2, 0.25) is 0 Å². The Morgan fingerprint density at radius 3 is 2.67 bits per heavy atom. The molecule has 0 fully saturated rings. The summed E-state index contributed by atoms with van der Waals surface area (Å²) >= 11 is 0.973. The van der Waals surface area contributed by atoms with Crippen molar-refractivity contribution in [1.29, 1.82) is 5.26 Å². The van der Waals surface area contributed by atoms with Crippen LogP contribution in [0.15, 0.2) is 22.8 Å². The van der Waals surface area contributed by atoms with E-state index in [1.807, 2.05) is 6.07 Å². The van der Waals surface area contributed by atoms with Crippen molar-refractivity contribution in [2.75, 3.05) is 11.9 Å². The molecule has 1 atom stereocenters. The van der Waals surface area contributed by atoms with Gasteiger partial charge in [-0.15, -0.1) is 11.3 Å². The van der Waals surface area contributed by atoms with Crippen LogP contribution in [0.25, 0.3) is 0 Å². The molecule has 1 aliphatic carbocycles. The first-order valence-electron chi connectivity index (χ1n) is 9.16. The van der Waals surface area contributed by atoms with Crippen LogP contribution in [0.2, 0.25) is 0 Å². The van der Waals surface area contributed by atoms with Crippen LogP contribution < -0.4 is 10.6 Å². The molecule has 0 saturated heterocycles. The van der Waals surface area contributed by atoms with Gasteiger partial charge < -0.3 is 19.8 Å². The number of aryl methyl sites for hydroxylation is 1. The zero-order chi connectivity index (χ0) is 21.9. The Bertz CT molecular complexity index is 979. The second kappa shape index (κ2) is 8.39. The van der Waals surface area contributed by atoms with Gasteiger partial charge in [-0.1, -0.05) is 0 Å². The molecule has 0 bridgehead atoms. The van der Waals surface area contributed by atoms with Gasteiger partial charge in [-0.3, -0.25) is 4.79 Å². The van der Waals surface area contributed by atoms with E-state index in [9.17, 15) is 28.0 Å². The maximum absolute atomic E-state index is 14.3. The van der Waals surface area contributed by atoms with E-state index >= 15 is 0 Å². The summed E-state index contributed by atoms with van der Waals surface area (Å²) in [7, 11) is 0. The Labute approximate surface area is 173 Å². The minimum atomic E-state index is -5.29. The first-order valence-corrected chi connectivity index (χ1v) is 9.98. The molecule has 0 aromatic carbocycles. The zero-order valence-corrected chi connectivity index (χ0v) is 16.7. The van der Waals surface area contributed by atoms with Crippen molar-refractivity contribution in [1.82, 2.24) is 5.32 Å². The highest BCUT2D eigenvalue weighted by molar-refractivity contribution is 7.16. The van der Waals surface area contributed by atoms with Crippen molar-refractivity contribution < 1.29 is 31.9 Å². The lowest BCUT2D eigenvalue weighted by Crippen LogP contribution is -2.69. The number of ether oxygens (including phenoxy) is 1. The second-order valence-electron chi connectivity index (χ2n) is 6.55. The first-order chi connectivity index (χ1) is 14.2. The highest BCUT2D eigenvalue weighted by atomic mass is 32.1. The van der Waals surface area contributed by atoms with Crippen LogP contribution in [0, 0.1) is 11.3 Å². The van der Waals surface area contributed by atoms with E-state index in [0.29, 0.717) is 18.4 Å². The fraction of sp³-hybridized carbons (Fsp3) is 0.421. The predicted molar refractivity (Wildman–Crippen MR) is 101 cm³/mol. The Hall–Kier alpha value is -3.00. The van der Waals surface area contributed by atoms with Gasteiger partial charge in [0, 0.05) is 4.88 Å². The molecule has 2 aromatic rings. The van der Waals surface area contributed by atoms with Gasteiger partial charge in [0.1, 0.15) is 11.1 Å². The molecule has 0 spiro atoms. The van der Waals surface area contributed by atoms with Gasteiger partial charge in [-0.05, 0) is 50.3 Å². The maximum Gasteiger partial charge on any atom is 0.441 e. The molecule has 1 aliphatic rings. The fourth-order valence-electron chi connectivity index (χ4n) is 3.21. The van der Waals surface area contributed by atoms with E-state index in [2.05, 4.69) is 10.1 Å². The molecule has 2 aromatic heterocycles. The lowest BCUT2D eigenvalue weighted by Gasteiger charge is -2.34. The Kier molecular flexibility index (Phi) is 6.07. The zero-order valence-electron chi connectivity index (χ0n) is 15.9. The molecule has 2 N–H and O–H groups in total. The number of rotatable bonds is 6. The number of nitrogens with one attached hydrogen (secondary N) is 2. The number of hydrogen-bond donors (Lipinski definition) is 2. The number of amides is 1. The third-order valence-electron chi connectivity index (χ3n) is 4.64. The van der Waals surface area contributed by atoms with Crippen LogP contribution in [0.4, 0.5) is 18.2 Å². The van der Waals surface area contributed by atoms with Crippen molar-refractivity contribution in [3.63, 3.8) is 0 Å². The molecule has 0 radical (unpaired) electrons.